The fourth-order valence-corrected chi connectivity index (χ4v) is 1.62. The number of nitrogens with zero attached hydrogens (tertiary/aromatic N) is 2. The summed E-state index contributed by atoms with van der Waals surface area (Å²) in [7, 11) is 0. The van der Waals surface area contributed by atoms with E-state index in [2.05, 4.69) is 22.5 Å². The van der Waals surface area contributed by atoms with Crippen LogP contribution in [0, 0.1) is 0 Å². The first kappa shape index (κ1) is 9.06. The molecule has 0 saturated heterocycles. The van der Waals surface area contributed by atoms with Crippen LogP contribution in [0.3, 0.4) is 0 Å². The molecule has 1 aromatic carbocycles. The van der Waals surface area contributed by atoms with Crippen molar-refractivity contribution in [3.63, 3.8) is 0 Å². The third-order valence-electron chi connectivity index (χ3n) is 2.43. The third-order valence-corrected chi connectivity index (χ3v) is 2.43. The molecule has 1 heterocycles. The van der Waals surface area contributed by atoms with Gasteiger partial charge in [0.15, 0.2) is 0 Å². The van der Waals surface area contributed by atoms with Gasteiger partial charge >= 0.3 is 0 Å². The summed E-state index contributed by atoms with van der Waals surface area (Å²) in [6.07, 6.45) is 4.25. The lowest BCUT2D eigenvalue weighted by Gasteiger charge is -2.02. The summed E-state index contributed by atoms with van der Waals surface area (Å²) in [5.41, 5.74) is 8.64. The molecule has 3 heteroatoms. The molecular formula is C11H15N3. The summed E-state index contributed by atoms with van der Waals surface area (Å²) >= 11 is 0. The maximum absolute atomic E-state index is 5.82. The van der Waals surface area contributed by atoms with Gasteiger partial charge < -0.3 is 10.3 Å². The standard InChI is InChI=1S/C11H15N3/c1-2-3-7-14-8-13-11-9(12)5-4-6-10(11)14/h4-6,8H,2-3,7,12H2,1H3. The van der Waals surface area contributed by atoms with Gasteiger partial charge in [0.05, 0.1) is 17.5 Å². The van der Waals surface area contributed by atoms with Crippen LogP contribution in [0.15, 0.2) is 24.5 Å². The van der Waals surface area contributed by atoms with Crippen molar-refractivity contribution in [2.75, 3.05) is 5.73 Å². The summed E-state index contributed by atoms with van der Waals surface area (Å²) in [5, 5.41) is 0. The van der Waals surface area contributed by atoms with Crippen LogP contribution in [0.4, 0.5) is 5.69 Å². The molecule has 2 aromatic rings. The summed E-state index contributed by atoms with van der Waals surface area (Å²) in [6, 6.07) is 5.93. The Hall–Kier alpha value is -1.51. The third kappa shape index (κ3) is 1.45. The normalized spacial score (nSPS) is 10.9. The molecule has 0 atom stereocenters. The molecule has 2 N–H and O–H groups in total. The number of unbranched alkanes of at least 4 members (excludes halogenated alkanes) is 1. The van der Waals surface area contributed by atoms with Crippen molar-refractivity contribution in [3.05, 3.63) is 24.5 Å². The number of aromatic nitrogens is 2. The Morgan fingerprint density at radius 1 is 1.43 bits per heavy atom. The highest BCUT2D eigenvalue weighted by molar-refractivity contribution is 5.86. The average Bonchev–Trinajstić information content (AvgIpc) is 2.60. The predicted molar refractivity (Wildman–Crippen MR) is 59.1 cm³/mol. The molecule has 0 bridgehead atoms. The van der Waals surface area contributed by atoms with E-state index in [1.165, 1.54) is 12.8 Å². The Morgan fingerprint density at radius 3 is 3.07 bits per heavy atom. The molecule has 0 aliphatic rings. The van der Waals surface area contributed by atoms with Crippen LogP contribution >= 0.6 is 0 Å². The quantitative estimate of drug-likeness (QED) is 0.753. The maximum Gasteiger partial charge on any atom is 0.111 e. The zero-order valence-electron chi connectivity index (χ0n) is 8.40. The van der Waals surface area contributed by atoms with E-state index < -0.39 is 0 Å². The fourth-order valence-electron chi connectivity index (χ4n) is 1.62. The molecular weight excluding hydrogens is 174 g/mol. The number of para-hydroxylation sites is 1. The second kappa shape index (κ2) is 3.70. The van der Waals surface area contributed by atoms with E-state index in [1.807, 2.05) is 18.5 Å². The Labute approximate surface area is 83.6 Å². The number of benzene rings is 1. The smallest absolute Gasteiger partial charge is 0.111 e. The van der Waals surface area contributed by atoms with Crippen LogP contribution in [0.25, 0.3) is 11.0 Å². The van der Waals surface area contributed by atoms with E-state index in [0.29, 0.717) is 0 Å². The van der Waals surface area contributed by atoms with Gasteiger partial charge in [-0.25, -0.2) is 4.98 Å². The van der Waals surface area contributed by atoms with Crippen LogP contribution in [0.2, 0.25) is 0 Å². The average molecular weight is 189 g/mol. The van der Waals surface area contributed by atoms with Gasteiger partial charge in [-0.05, 0) is 18.6 Å². The van der Waals surface area contributed by atoms with Crippen LogP contribution in [0.1, 0.15) is 19.8 Å². The number of nitrogens with two attached hydrogens (primary N) is 1. The van der Waals surface area contributed by atoms with E-state index in [0.717, 1.165) is 23.3 Å². The van der Waals surface area contributed by atoms with Gasteiger partial charge in [-0.3, -0.25) is 0 Å². The molecule has 0 unspecified atom stereocenters. The largest absolute Gasteiger partial charge is 0.397 e. The van der Waals surface area contributed by atoms with E-state index in [-0.39, 0.29) is 0 Å². The molecule has 0 saturated carbocycles. The number of hydrogen-bond donors (Lipinski definition) is 1. The van der Waals surface area contributed by atoms with Gasteiger partial charge in [-0.1, -0.05) is 19.4 Å². The molecule has 74 valence electrons. The highest BCUT2D eigenvalue weighted by atomic mass is 15.0. The SMILES string of the molecule is CCCCn1cnc2c(N)cccc21. The molecule has 2 rings (SSSR count). The Balaban J connectivity index is 2.42. The molecule has 14 heavy (non-hydrogen) atoms. The second-order valence-electron chi connectivity index (χ2n) is 3.51. The van der Waals surface area contributed by atoms with Crippen molar-refractivity contribution in [2.24, 2.45) is 0 Å². The first-order valence-corrected chi connectivity index (χ1v) is 5.02. The van der Waals surface area contributed by atoms with E-state index in [1.54, 1.807) is 0 Å². The monoisotopic (exact) mass is 189 g/mol. The number of aryl methyl sites for hydroxylation is 1. The van der Waals surface area contributed by atoms with Crippen molar-refractivity contribution in [2.45, 2.75) is 26.3 Å². The zero-order chi connectivity index (χ0) is 9.97. The topological polar surface area (TPSA) is 43.8 Å². The molecule has 0 aliphatic carbocycles. The van der Waals surface area contributed by atoms with Gasteiger partial charge in [-0.15, -0.1) is 0 Å². The summed E-state index contributed by atoms with van der Waals surface area (Å²) in [5.74, 6) is 0. The minimum atomic E-state index is 0.762. The first-order chi connectivity index (χ1) is 6.83. The first-order valence-electron chi connectivity index (χ1n) is 5.02. The minimum absolute atomic E-state index is 0.762. The van der Waals surface area contributed by atoms with Gasteiger partial charge in [0.25, 0.3) is 0 Å². The van der Waals surface area contributed by atoms with Gasteiger partial charge in [-0.2, -0.15) is 0 Å². The molecule has 0 fully saturated rings. The molecule has 0 spiro atoms. The number of hydrogen-bond acceptors (Lipinski definition) is 2. The van der Waals surface area contributed by atoms with Crippen LogP contribution in [-0.4, -0.2) is 9.55 Å². The number of nitrogen functional groups attached to an aromatic ring is 1. The van der Waals surface area contributed by atoms with Crippen LogP contribution < -0.4 is 5.73 Å². The molecule has 1 aromatic heterocycles. The van der Waals surface area contributed by atoms with Gasteiger partial charge in [0.1, 0.15) is 5.52 Å². The summed E-state index contributed by atoms with van der Waals surface area (Å²) in [4.78, 5) is 4.31. The lowest BCUT2D eigenvalue weighted by molar-refractivity contribution is 0.646. The number of anilines is 1. The Morgan fingerprint density at radius 2 is 2.29 bits per heavy atom. The van der Waals surface area contributed by atoms with E-state index in [4.69, 9.17) is 5.73 Å². The lowest BCUT2D eigenvalue weighted by atomic mass is 10.2. The van der Waals surface area contributed by atoms with Crippen molar-refractivity contribution < 1.29 is 0 Å². The summed E-state index contributed by atoms with van der Waals surface area (Å²) in [6.45, 7) is 3.21. The molecule has 0 aliphatic heterocycles. The second-order valence-corrected chi connectivity index (χ2v) is 3.51. The highest BCUT2D eigenvalue weighted by Gasteiger charge is 2.03. The van der Waals surface area contributed by atoms with Crippen molar-refractivity contribution in [3.8, 4) is 0 Å². The van der Waals surface area contributed by atoms with Crippen LogP contribution in [0.5, 0.6) is 0 Å². The molecule has 3 nitrogen and oxygen atoms in total. The number of fused-ring (bicyclic) bond motifs is 1. The van der Waals surface area contributed by atoms with Gasteiger partial charge in [0.2, 0.25) is 0 Å². The van der Waals surface area contributed by atoms with E-state index in [9.17, 15) is 0 Å². The van der Waals surface area contributed by atoms with Crippen molar-refractivity contribution in [1.82, 2.24) is 9.55 Å². The predicted octanol–water partition coefficient (Wildman–Crippen LogP) is 2.42. The minimum Gasteiger partial charge on any atom is -0.397 e. The Bertz CT molecular complexity index is 431. The van der Waals surface area contributed by atoms with Crippen molar-refractivity contribution in [1.29, 1.82) is 0 Å². The number of imidazole rings is 1. The van der Waals surface area contributed by atoms with Crippen molar-refractivity contribution >= 4 is 16.7 Å². The summed E-state index contributed by atoms with van der Waals surface area (Å²) < 4.78 is 2.16. The molecule has 0 radical (unpaired) electrons. The number of rotatable bonds is 3. The zero-order valence-corrected chi connectivity index (χ0v) is 8.40. The highest BCUT2D eigenvalue weighted by Crippen LogP contribution is 2.19. The van der Waals surface area contributed by atoms with E-state index >= 15 is 0 Å². The van der Waals surface area contributed by atoms with Crippen LogP contribution in [-0.2, 0) is 6.54 Å². The van der Waals surface area contributed by atoms with Gasteiger partial charge in [0, 0.05) is 6.54 Å². The molecule has 0 amide bonds. The maximum atomic E-state index is 5.82. The fraction of sp³-hybridized carbons (Fsp3) is 0.364. The lowest BCUT2D eigenvalue weighted by Crippen LogP contribution is -1.95. The Kier molecular flexibility index (Phi) is 2.39.